The highest BCUT2D eigenvalue weighted by molar-refractivity contribution is 5.94. The molecule has 0 saturated carbocycles. The molecule has 0 aliphatic rings. The van der Waals surface area contributed by atoms with Crippen molar-refractivity contribution in [2.45, 2.75) is 19.9 Å². The summed E-state index contributed by atoms with van der Waals surface area (Å²) in [7, 11) is 0. The summed E-state index contributed by atoms with van der Waals surface area (Å²) in [4.78, 5) is 20.7. The second kappa shape index (κ2) is 10.8. The van der Waals surface area contributed by atoms with Crippen LogP contribution in [0.4, 0.5) is 0 Å². The fraction of sp³-hybridized carbons (Fsp3) is 0.316. The number of nitrogens with one attached hydrogen (secondary N) is 3. The van der Waals surface area contributed by atoms with Gasteiger partial charge in [0.05, 0.1) is 12.2 Å². The number of aliphatic imine (C=N–C) groups is 1. The molecule has 2 rings (SSSR count). The monoisotopic (exact) mass is 339 g/mol. The van der Waals surface area contributed by atoms with Gasteiger partial charge in [0.1, 0.15) is 0 Å². The van der Waals surface area contributed by atoms with Crippen LogP contribution in [0.3, 0.4) is 0 Å². The van der Waals surface area contributed by atoms with Gasteiger partial charge in [0, 0.05) is 31.4 Å². The van der Waals surface area contributed by atoms with Gasteiger partial charge in [-0.05, 0) is 37.6 Å². The van der Waals surface area contributed by atoms with Crippen LogP contribution >= 0.6 is 0 Å². The molecular formula is C19H25N5O. The van der Waals surface area contributed by atoms with Gasteiger partial charge in [-0.2, -0.15) is 0 Å². The summed E-state index contributed by atoms with van der Waals surface area (Å²) in [5, 5.41) is 9.38. The molecule has 0 spiro atoms. The average molecular weight is 339 g/mol. The van der Waals surface area contributed by atoms with E-state index in [9.17, 15) is 4.79 Å². The zero-order valence-corrected chi connectivity index (χ0v) is 14.5. The standard InChI is InChI=1S/C19H25N5O/c1-2-20-19(24-15-17-11-6-7-12-21-17)23-14-8-13-22-18(25)16-9-4-3-5-10-16/h3-7,9-12H,2,8,13-15H2,1H3,(H,22,25)(H2,20,23,24). The van der Waals surface area contributed by atoms with Gasteiger partial charge in [-0.1, -0.05) is 24.3 Å². The molecule has 2 aromatic rings. The molecule has 6 nitrogen and oxygen atoms in total. The minimum Gasteiger partial charge on any atom is -0.357 e. The highest BCUT2D eigenvalue weighted by Crippen LogP contribution is 1.97. The Bertz CT molecular complexity index is 658. The molecule has 0 fully saturated rings. The van der Waals surface area contributed by atoms with Crippen LogP contribution in [-0.2, 0) is 6.54 Å². The molecule has 0 atom stereocenters. The van der Waals surface area contributed by atoms with Crippen molar-refractivity contribution in [3.8, 4) is 0 Å². The van der Waals surface area contributed by atoms with E-state index in [1.54, 1.807) is 18.3 Å². The number of carbonyl (C=O) groups is 1. The van der Waals surface area contributed by atoms with Gasteiger partial charge in [0.15, 0.2) is 5.96 Å². The molecule has 1 aromatic heterocycles. The van der Waals surface area contributed by atoms with Crippen LogP contribution in [0, 0.1) is 0 Å². The molecule has 6 heteroatoms. The fourth-order valence-electron chi connectivity index (χ4n) is 2.18. The molecule has 132 valence electrons. The van der Waals surface area contributed by atoms with E-state index >= 15 is 0 Å². The van der Waals surface area contributed by atoms with Crippen molar-refractivity contribution in [3.63, 3.8) is 0 Å². The first-order valence-corrected chi connectivity index (χ1v) is 8.55. The van der Waals surface area contributed by atoms with Gasteiger partial charge in [0.25, 0.3) is 5.91 Å². The third-order valence-electron chi connectivity index (χ3n) is 3.44. The lowest BCUT2D eigenvalue weighted by Gasteiger charge is -2.11. The molecule has 0 aliphatic heterocycles. The van der Waals surface area contributed by atoms with Crippen LogP contribution < -0.4 is 16.0 Å². The number of guanidine groups is 1. The van der Waals surface area contributed by atoms with E-state index in [1.807, 2.05) is 43.3 Å². The van der Waals surface area contributed by atoms with Crippen LogP contribution in [0.5, 0.6) is 0 Å². The predicted molar refractivity (Wildman–Crippen MR) is 100 cm³/mol. The predicted octanol–water partition coefficient (Wildman–Crippen LogP) is 1.96. The third kappa shape index (κ3) is 7.03. The van der Waals surface area contributed by atoms with Crippen LogP contribution in [0.15, 0.2) is 59.7 Å². The van der Waals surface area contributed by atoms with Gasteiger partial charge in [-0.25, -0.2) is 4.99 Å². The van der Waals surface area contributed by atoms with E-state index in [0.717, 1.165) is 31.2 Å². The lowest BCUT2D eigenvalue weighted by atomic mass is 10.2. The van der Waals surface area contributed by atoms with E-state index in [2.05, 4.69) is 25.9 Å². The second-order valence-corrected chi connectivity index (χ2v) is 5.42. The number of rotatable bonds is 8. The summed E-state index contributed by atoms with van der Waals surface area (Å²) in [6.07, 6.45) is 2.58. The molecule has 25 heavy (non-hydrogen) atoms. The zero-order valence-electron chi connectivity index (χ0n) is 14.5. The molecule has 1 amide bonds. The number of pyridine rings is 1. The molecule has 0 unspecified atom stereocenters. The molecular weight excluding hydrogens is 314 g/mol. The van der Waals surface area contributed by atoms with Crippen LogP contribution in [0.1, 0.15) is 29.4 Å². The van der Waals surface area contributed by atoms with E-state index in [1.165, 1.54) is 0 Å². The number of amides is 1. The Morgan fingerprint density at radius 2 is 1.76 bits per heavy atom. The zero-order chi connectivity index (χ0) is 17.7. The molecule has 0 radical (unpaired) electrons. The first-order chi connectivity index (χ1) is 12.3. The quantitative estimate of drug-likeness (QED) is 0.390. The molecule has 0 bridgehead atoms. The second-order valence-electron chi connectivity index (χ2n) is 5.42. The van der Waals surface area contributed by atoms with Crippen molar-refractivity contribution in [2.75, 3.05) is 19.6 Å². The molecule has 3 N–H and O–H groups in total. The minimum atomic E-state index is -0.0451. The van der Waals surface area contributed by atoms with Gasteiger partial charge in [0.2, 0.25) is 0 Å². The minimum absolute atomic E-state index is 0.0451. The molecule has 1 aromatic carbocycles. The molecule has 0 aliphatic carbocycles. The average Bonchev–Trinajstić information content (AvgIpc) is 2.67. The number of aromatic nitrogens is 1. The molecule has 0 saturated heterocycles. The number of benzene rings is 1. The smallest absolute Gasteiger partial charge is 0.251 e. The highest BCUT2D eigenvalue weighted by atomic mass is 16.1. The number of nitrogens with zero attached hydrogens (tertiary/aromatic N) is 2. The summed E-state index contributed by atoms with van der Waals surface area (Å²) in [5.41, 5.74) is 1.61. The van der Waals surface area contributed by atoms with Gasteiger partial charge in [-0.15, -0.1) is 0 Å². The normalized spacial score (nSPS) is 11.0. The maximum absolute atomic E-state index is 11.9. The first-order valence-electron chi connectivity index (χ1n) is 8.55. The number of hydrogen-bond donors (Lipinski definition) is 3. The summed E-state index contributed by atoms with van der Waals surface area (Å²) >= 11 is 0. The van der Waals surface area contributed by atoms with Gasteiger partial charge in [-0.3, -0.25) is 9.78 Å². The summed E-state index contributed by atoms with van der Waals surface area (Å²) in [5.74, 6) is 0.707. The lowest BCUT2D eigenvalue weighted by Crippen LogP contribution is -2.38. The van der Waals surface area contributed by atoms with Crippen molar-refractivity contribution >= 4 is 11.9 Å². The number of carbonyl (C=O) groups excluding carboxylic acids is 1. The van der Waals surface area contributed by atoms with Crippen LogP contribution in [0.25, 0.3) is 0 Å². The Morgan fingerprint density at radius 1 is 1.00 bits per heavy atom. The summed E-state index contributed by atoms with van der Waals surface area (Å²) < 4.78 is 0. The SMILES string of the molecule is CCNC(=NCc1ccccn1)NCCCNC(=O)c1ccccc1. The largest absolute Gasteiger partial charge is 0.357 e. The Balaban J connectivity index is 1.69. The molecule has 1 heterocycles. The van der Waals surface area contributed by atoms with Crippen LogP contribution in [-0.4, -0.2) is 36.5 Å². The first kappa shape index (κ1) is 18.4. The van der Waals surface area contributed by atoms with Crippen molar-refractivity contribution in [2.24, 2.45) is 4.99 Å². The Hall–Kier alpha value is -2.89. The van der Waals surface area contributed by atoms with Crippen molar-refractivity contribution in [1.29, 1.82) is 0 Å². The maximum atomic E-state index is 11.9. The van der Waals surface area contributed by atoms with Crippen molar-refractivity contribution in [1.82, 2.24) is 20.9 Å². The van der Waals surface area contributed by atoms with E-state index in [4.69, 9.17) is 0 Å². The van der Waals surface area contributed by atoms with E-state index in [0.29, 0.717) is 18.7 Å². The fourth-order valence-corrected chi connectivity index (χ4v) is 2.18. The summed E-state index contributed by atoms with van der Waals surface area (Å²) in [6, 6.07) is 15.0. The number of hydrogen-bond acceptors (Lipinski definition) is 3. The Kier molecular flexibility index (Phi) is 7.97. The van der Waals surface area contributed by atoms with Gasteiger partial charge < -0.3 is 16.0 Å². The highest BCUT2D eigenvalue weighted by Gasteiger charge is 2.03. The summed E-state index contributed by atoms with van der Waals surface area (Å²) in [6.45, 7) is 4.68. The third-order valence-corrected chi connectivity index (χ3v) is 3.44. The Morgan fingerprint density at radius 3 is 2.48 bits per heavy atom. The van der Waals surface area contributed by atoms with Crippen molar-refractivity contribution < 1.29 is 4.79 Å². The van der Waals surface area contributed by atoms with Gasteiger partial charge >= 0.3 is 0 Å². The maximum Gasteiger partial charge on any atom is 0.251 e. The van der Waals surface area contributed by atoms with Crippen LogP contribution in [0.2, 0.25) is 0 Å². The van der Waals surface area contributed by atoms with E-state index in [-0.39, 0.29) is 5.91 Å². The Labute approximate surface area is 148 Å². The van der Waals surface area contributed by atoms with E-state index < -0.39 is 0 Å². The van der Waals surface area contributed by atoms with Crippen molar-refractivity contribution in [3.05, 3.63) is 66.0 Å². The lowest BCUT2D eigenvalue weighted by molar-refractivity contribution is 0.0953. The topological polar surface area (TPSA) is 78.4 Å².